The lowest BCUT2D eigenvalue weighted by molar-refractivity contribution is 0.0567. The number of hydrogen-bond donors (Lipinski definition) is 2. The van der Waals surface area contributed by atoms with Gasteiger partial charge in [-0.1, -0.05) is 13.0 Å². The molecule has 20 heavy (non-hydrogen) atoms. The molecule has 0 amide bonds. The molecule has 0 bridgehead atoms. The fourth-order valence-electron chi connectivity index (χ4n) is 2.00. The molecule has 1 unspecified atom stereocenters. The van der Waals surface area contributed by atoms with E-state index in [1.807, 2.05) is 6.92 Å². The molecule has 0 radical (unpaired) electrons. The number of furan rings is 1. The molecule has 0 saturated heterocycles. The number of carbonyl (C=O) groups excluding carboxylic acids is 1. The van der Waals surface area contributed by atoms with E-state index in [4.69, 9.17) is 4.42 Å². The molecule has 0 aliphatic heterocycles. The Morgan fingerprint density at radius 3 is 2.80 bits per heavy atom. The van der Waals surface area contributed by atoms with Crippen LogP contribution in [0.1, 0.15) is 23.0 Å². The molecular weight excluding hydrogens is 260 g/mol. The lowest BCUT2D eigenvalue weighted by atomic mass is 9.98. The summed E-state index contributed by atoms with van der Waals surface area (Å²) in [6.45, 7) is 5.60. The van der Waals surface area contributed by atoms with Gasteiger partial charge >= 0.3 is 5.97 Å². The SMILES string of the molecule is C=CC(C)Cc1c(O)cc2oc(C(=O)OC)cc2c1O. The Bertz CT molecular complexity index is 668. The summed E-state index contributed by atoms with van der Waals surface area (Å²) in [5.74, 6) is -0.731. The second-order valence-corrected chi connectivity index (χ2v) is 4.65. The average Bonchev–Trinajstić information content (AvgIpc) is 2.86. The fraction of sp³-hybridized carbons (Fsp3) is 0.267. The van der Waals surface area contributed by atoms with Gasteiger partial charge < -0.3 is 19.4 Å². The van der Waals surface area contributed by atoms with Gasteiger partial charge in [0.25, 0.3) is 0 Å². The fourth-order valence-corrected chi connectivity index (χ4v) is 2.00. The van der Waals surface area contributed by atoms with Crippen LogP contribution in [0, 0.1) is 5.92 Å². The standard InChI is InChI=1S/C15H16O5/c1-4-8(2)5-9-11(16)7-12-10(14(9)17)6-13(20-12)15(18)19-3/h4,6-8,16-17H,1,5H2,2-3H3. The summed E-state index contributed by atoms with van der Waals surface area (Å²) in [7, 11) is 1.24. The highest BCUT2D eigenvalue weighted by molar-refractivity contribution is 5.96. The Morgan fingerprint density at radius 2 is 2.20 bits per heavy atom. The van der Waals surface area contributed by atoms with Crippen molar-refractivity contribution in [1.29, 1.82) is 0 Å². The van der Waals surface area contributed by atoms with Crippen LogP contribution in [0.25, 0.3) is 11.0 Å². The third kappa shape index (κ3) is 2.34. The number of carbonyl (C=O) groups is 1. The Kier molecular flexibility index (Phi) is 3.70. The number of rotatable bonds is 4. The predicted molar refractivity (Wildman–Crippen MR) is 73.9 cm³/mol. The zero-order valence-corrected chi connectivity index (χ0v) is 11.3. The van der Waals surface area contributed by atoms with Gasteiger partial charge in [0, 0.05) is 17.7 Å². The maximum atomic E-state index is 11.4. The number of ether oxygens (including phenoxy) is 1. The minimum atomic E-state index is -0.638. The molecule has 0 aliphatic rings. The van der Waals surface area contributed by atoms with E-state index in [1.165, 1.54) is 19.2 Å². The smallest absolute Gasteiger partial charge is 0.373 e. The topological polar surface area (TPSA) is 79.9 Å². The quantitative estimate of drug-likeness (QED) is 0.663. The molecule has 2 rings (SSSR count). The van der Waals surface area contributed by atoms with Crippen LogP contribution in [-0.2, 0) is 11.2 Å². The zero-order chi connectivity index (χ0) is 14.9. The minimum absolute atomic E-state index is 0.0221. The van der Waals surface area contributed by atoms with Gasteiger partial charge in [0.1, 0.15) is 17.1 Å². The molecule has 1 aromatic carbocycles. The van der Waals surface area contributed by atoms with Crippen LogP contribution >= 0.6 is 0 Å². The van der Waals surface area contributed by atoms with Crippen LogP contribution in [0.2, 0.25) is 0 Å². The number of aromatic hydroxyl groups is 2. The molecule has 5 heteroatoms. The largest absolute Gasteiger partial charge is 0.507 e. The number of methoxy groups -OCH3 is 1. The number of phenolic OH excluding ortho intramolecular Hbond substituents is 2. The average molecular weight is 276 g/mol. The van der Waals surface area contributed by atoms with Gasteiger partial charge in [-0.15, -0.1) is 6.58 Å². The molecule has 106 valence electrons. The van der Waals surface area contributed by atoms with E-state index in [9.17, 15) is 15.0 Å². The Morgan fingerprint density at radius 1 is 1.50 bits per heavy atom. The van der Waals surface area contributed by atoms with Crippen molar-refractivity contribution in [2.24, 2.45) is 5.92 Å². The van der Waals surface area contributed by atoms with Gasteiger partial charge in [0.15, 0.2) is 0 Å². The molecule has 2 aromatic rings. The van der Waals surface area contributed by atoms with Gasteiger partial charge in [-0.3, -0.25) is 0 Å². The number of phenols is 2. The van der Waals surface area contributed by atoms with E-state index >= 15 is 0 Å². The summed E-state index contributed by atoms with van der Waals surface area (Å²) in [6, 6.07) is 2.78. The van der Waals surface area contributed by atoms with Crippen LogP contribution in [0.4, 0.5) is 0 Å². The van der Waals surface area contributed by atoms with Crippen LogP contribution in [0.5, 0.6) is 11.5 Å². The Balaban J connectivity index is 2.56. The van der Waals surface area contributed by atoms with E-state index in [2.05, 4.69) is 11.3 Å². The highest BCUT2D eigenvalue weighted by Crippen LogP contribution is 2.38. The summed E-state index contributed by atoms with van der Waals surface area (Å²) in [4.78, 5) is 11.4. The van der Waals surface area contributed by atoms with Crippen molar-refractivity contribution >= 4 is 16.9 Å². The van der Waals surface area contributed by atoms with E-state index < -0.39 is 5.97 Å². The van der Waals surface area contributed by atoms with Gasteiger partial charge in [-0.2, -0.15) is 0 Å². The third-order valence-electron chi connectivity index (χ3n) is 3.19. The third-order valence-corrected chi connectivity index (χ3v) is 3.19. The van der Waals surface area contributed by atoms with E-state index in [-0.39, 0.29) is 28.8 Å². The highest BCUT2D eigenvalue weighted by Gasteiger charge is 2.20. The maximum Gasteiger partial charge on any atom is 0.373 e. The summed E-state index contributed by atoms with van der Waals surface area (Å²) in [5, 5.41) is 20.6. The summed E-state index contributed by atoms with van der Waals surface area (Å²) in [5.41, 5.74) is 0.637. The lowest BCUT2D eigenvalue weighted by Gasteiger charge is -2.10. The number of benzene rings is 1. The Hall–Kier alpha value is -2.43. The first-order valence-corrected chi connectivity index (χ1v) is 6.16. The van der Waals surface area contributed by atoms with Crippen molar-refractivity contribution in [3.63, 3.8) is 0 Å². The molecule has 5 nitrogen and oxygen atoms in total. The lowest BCUT2D eigenvalue weighted by Crippen LogP contribution is -1.98. The molecule has 1 atom stereocenters. The second-order valence-electron chi connectivity index (χ2n) is 4.65. The molecule has 0 spiro atoms. The highest BCUT2D eigenvalue weighted by atomic mass is 16.5. The first-order chi connectivity index (χ1) is 9.47. The van der Waals surface area contributed by atoms with Crippen LogP contribution in [0.15, 0.2) is 29.2 Å². The first kappa shape index (κ1) is 14.0. The van der Waals surface area contributed by atoms with Crippen molar-refractivity contribution in [1.82, 2.24) is 0 Å². The number of fused-ring (bicyclic) bond motifs is 1. The molecule has 2 N–H and O–H groups in total. The van der Waals surface area contributed by atoms with Gasteiger partial charge in [-0.05, 0) is 12.3 Å². The van der Waals surface area contributed by atoms with Gasteiger partial charge in [0.2, 0.25) is 5.76 Å². The first-order valence-electron chi connectivity index (χ1n) is 6.16. The van der Waals surface area contributed by atoms with Crippen molar-refractivity contribution in [3.8, 4) is 11.5 Å². The molecule has 1 heterocycles. The van der Waals surface area contributed by atoms with Crippen LogP contribution in [-0.4, -0.2) is 23.3 Å². The summed E-state index contributed by atoms with van der Waals surface area (Å²) >= 11 is 0. The molecule has 0 aliphatic carbocycles. The van der Waals surface area contributed by atoms with Crippen LogP contribution in [0.3, 0.4) is 0 Å². The predicted octanol–water partition coefficient (Wildman–Crippen LogP) is 3.00. The van der Waals surface area contributed by atoms with Gasteiger partial charge in [-0.25, -0.2) is 4.79 Å². The number of hydrogen-bond acceptors (Lipinski definition) is 5. The molecule has 1 aromatic heterocycles. The summed E-state index contributed by atoms with van der Waals surface area (Å²) in [6.07, 6.45) is 2.17. The number of esters is 1. The van der Waals surface area contributed by atoms with Crippen molar-refractivity contribution < 1.29 is 24.2 Å². The summed E-state index contributed by atoms with van der Waals surface area (Å²) < 4.78 is 9.81. The molecule has 0 fully saturated rings. The number of allylic oxidation sites excluding steroid dienone is 1. The zero-order valence-electron chi connectivity index (χ0n) is 11.3. The van der Waals surface area contributed by atoms with E-state index in [1.54, 1.807) is 6.08 Å². The van der Waals surface area contributed by atoms with E-state index in [0.717, 1.165) is 0 Å². The van der Waals surface area contributed by atoms with Crippen molar-refractivity contribution in [3.05, 3.63) is 36.1 Å². The normalized spacial score (nSPS) is 12.3. The molecular formula is C15H16O5. The van der Waals surface area contributed by atoms with Crippen molar-refractivity contribution in [2.45, 2.75) is 13.3 Å². The van der Waals surface area contributed by atoms with E-state index in [0.29, 0.717) is 17.4 Å². The van der Waals surface area contributed by atoms with Gasteiger partial charge in [0.05, 0.1) is 12.5 Å². The monoisotopic (exact) mass is 276 g/mol. The Labute approximate surface area is 116 Å². The second kappa shape index (κ2) is 5.28. The van der Waals surface area contributed by atoms with Crippen LogP contribution < -0.4 is 0 Å². The molecule has 0 saturated carbocycles. The maximum absolute atomic E-state index is 11.4. The minimum Gasteiger partial charge on any atom is -0.507 e. The van der Waals surface area contributed by atoms with Crippen molar-refractivity contribution in [2.75, 3.05) is 7.11 Å².